The fraction of sp³-hybridized carbons (Fsp3) is 0.385. The lowest BCUT2D eigenvalue weighted by atomic mass is 9.80. The smallest absolute Gasteiger partial charge is 0.317 e. The summed E-state index contributed by atoms with van der Waals surface area (Å²) in [6.45, 7) is 1.02. The number of imidazole rings is 1. The second-order valence-electron chi connectivity index (χ2n) is 9.86. The maximum Gasteiger partial charge on any atom is 0.317 e. The Bertz CT molecular complexity index is 1550. The van der Waals surface area contributed by atoms with Gasteiger partial charge in [0, 0.05) is 74.2 Å². The van der Waals surface area contributed by atoms with E-state index in [-0.39, 0.29) is 36.7 Å². The average molecular weight is 528 g/mol. The molecule has 0 unspecified atom stereocenters. The van der Waals surface area contributed by atoms with Gasteiger partial charge in [-0.15, -0.1) is 0 Å². The van der Waals surface area contributed by atoms with Crippen molar-refractivity contribution in [2.75, 3.05) is 13.6 Å². The molecule has 3 aromatic heterocycles. The minimum atomic E-state index is -2.79. The van der Waals surface area contributed by atoms with Gasteiger partial charge in [0.1, 0.15) is 5.82 Å². The molecule has 8 nitrogen and oxygen atoms in total. The number of pyridine rings is 1. The second-order valence-corrected chi connectivity index (χ2v) is 9.86. The molecule has 1 N–H and O–H groups in total. The van der Waals surface area contributed by atoms with Gasteiger partial charge in [-0.25, -0.2) is 32.3 Å². The molecule has 6 rings (SSSR count). The molecule has 0 saturated heterocycles. The van der Waals surface area contributed by atoms with Gasteiger partial charge < -0.3 is 14.8 Å². The predicted octanol–water partition coefficient (Wildman–Crippen LogP) is 5.10. The first kappa shape index (κ1) is 24.4. The molecule has 1 aliphatic heterocycles. The lowest BCUT2D eigenvalue weighted by Crippen LogP contribution is -2.43. The van der Waals surface area contributed by atoms with E-state index >= 15 is 0 Å². The first-order chi connectivity index (χ1) is 18.1. The van der Waals surface area contributed by atoms with Gasteiger partial charge in [-0.05, 0) is 12.1 Å². The van der Waals surface area contributed by atoms with Gasteiger partial charge in [0.25, 0.3) is 6.43 Å². The van der Waals surface area contributed by atoms with Gasteiger partial charge >= 0.3 is 6.03 Å². The van der Waals surface area contributed by atoms with Gasteiger partial charge in [0.05, 0.1) is 35.3 Å². The number of nitrogens with one attached hydrogen (secondary N) is 1. The molecule has 1 aromatic carbocycles. The molecule has 0 atom stereocenters. The summed E-state index contributed by atoms with van der Waals surface area (Å²) in [4.78, 5) is 23.4. The molecule has 1 saturated carbocycles. The Morgan fingerprint density at radius 2 is 1.95 bits per heavy atom. The van der Waals surface area contributed by atoms with Crippen molar-refractivity contribution in [1.29, 1.82) is 0 Å². The topological polar surface area (TPSA) is 80.9 Å². The van der Waals surface area contributed by atoms with Gasteiger partial charge in [0.15, 0.2) is 0 Å². The third kappa shape index (κ3) is 3.98. The number of fused-ring (bicyclic) bond motifs is 2. The predicted molar refractivity (Wildman–Crippen MR) is 132 cm³/mol. The van der Waals surface area contributed by atoms with Crippen LogP contribution >= 0.6 is 0 Å². The summed E-state index contributed by atoms with van der Waals surface area (Å²) in [6.07, 6.45) is -0.248. The van der Waals surface area contributed by atoms with Crippen LogP contribution in [0.4, 0.5) is 22.4 Å². The van der Waals surface area contributed by atoms with E-state index in [0.29, 0.717) is 52.3 Å². The van der Waals surface area contributed by atoms with Crippen LogP contribution in [0.1, 0.15) is 42.3 Å². The molecule has 0 bridgehead atoms. The van der Waals surface area contributed by atoms with Crippen molar-refractivity contribution in [1.82, 2.24) is 34.5 Å². The molecular weight excluding hydrogens is 502 g/mol. The molecule has 4 heterocycles. The lowest BCUT2D eigenvalue weighted by molar-refractivity contribution is -0.0892. The van der Waals surface area contributed by atoms with Gasteiger partial charge in [0.2, 0.25) is 5.92 Å². The Hall–Kier alpha value is -3.96. The summed E-state index contributed by atoms with van der Waals surface area (Å²) in [7, 11) is 3.24. The summed E-state index contributed by atoms with van der Waals surface area (Å²) in [5, 5.41) is 7.18. The highest BCUT2D eigenvalue weighted by Crippen LogP contribution is 2.49. The molecule has 12 heteroatoms. The first-order valence-electron chi connectivity index (χ1n) is 12.3. The van der Waals surface area contributed by atoms with Crippen LogP contribution < -0.4 is 5.32 Å². The van der Waals surface area contributed by atoms with E-state index in [1.54, 1.807) is 43.4 Å². The molecule has 0 radical (unpaired) electrons. The van der Waals surface area contributed by atoms with Crippen molar-refractivity contribution in [3.8, 4) is 22.5 Å². The number of carbonyl (C=O) groups is 1. The Labute approximate surface area is 215 Å². The van der Waals surface area contributed by atoms with Crippen molar-refractivity contribution >= 4 is 16.9 Å². The normalized spacial score (nSPS) is 17.1. The zero-order valence-electron chi connectivity index (χ0n) is 20.8. The van der Waals surface area contributed by atoms with E-state index in [1.807, 2.05) is 4.57 Å². The molecule has 38 heavy (non-hydrogen) atoms. The van der Waals surface area contributed by atoms with E-state index in [4.69, 9.17) is 4.98 Å². The Kier molecular flexibility index (Phi) is 5.65. The number of hydrogen-bond acceptors (Lipinski definition) is 4. The van der Waals surface area contributed by atoms with Crippen LogP contribution in [0, 0.1) is 0 Å². The fourth-order valence-corrected chi connectivity index (χ4v) is 5.46. The van der Waals surface area contributed by atoms with Crippen molar-refractivity contribution < 1.29 is 22.4 Å². The van der Waals surface area contributed by atoms with Gasteiger partial charge in [-0.1, -0.05) is 12.1 Å². The van der Waals surface area contributed by atoms with E-state index in [2.05, 4.69) is 15.4 Å². The third-order valence-electron chi connectivity index (χ3n) is 7.35. The second kappa shape index (κ2) is 8.81. The molecule has 0 spiro atoms. The highest BCUT2D eigenvalue weighted by molar-refractivity contribution is 5.96. The van der Waals surface area contributed by atoms with Crippen molar-refractivity contribution in [2.24, 2.45) is 7.05 Å². The zero-order chi connectivity index (χ0) is 26.8. The van der Waals surface area contributed by atoms with Gasteiger partial charge in [-0.3, -0.25) is 4.68 Å². The molecule has 198 valence electrons. The molecule has 1 fully saturated rings. The van der Waals surface area contributed by atoms with Crippen LogP contribution in [0.5, 0.6) is 0 Å². The number of rotatable bonds is 4. The number of amides is 2. The van der Waals surface area contributed by atoms with Crippen LogP contribution in [-0.2, 0) is 20.1 Å². The Balaban J connectivity index is 1.53. The van der Waals surface area contributed by atoms with Crippen LogP contribution in [0.15, 0.2) is 36.7 Å². The number of aryl methyl sites for hydroxylation is 1. The summed E-state index contributed by atoms with van der Waals surface area (Å²) >= 11 is 0. The summed E-state index contributed by atoms with van der Waals surface area (Å²) in [5.74, 6) is -2.59. The first-order valence-corrected chi connectivity index (χ1v) is 12.3. The minimum absolute atomic E-state index is 0.146. The van der Waals surface area contributed by atoms with E-state index in [1.165, 1.54) is 16.9 Å². The fourth-order valence-electron chi connectivity index (χ4n) is 5.46. The van der Waals surface area contributed by atoms with E-state index < -0.39 is 18.3 Å². The van der Waals surface area contributed by atoms with Crippen molar-refractivity contribution in [3.05, 3.63) is 53.7 Å². The Morgan fingerprint density at radius 3 is 2.61 bits per heavy atom. The van der Waals surface area contributed by atoms with Crippen LogP contribution in [0.3, 0.4) is 0 Å². The third-order valence-corrected chi connectivity index (χ3v) is 7.35. The zero-order valence-corrected chi connectivity index (χ0v) is 20.8. The van der Waals surface area contributed by atoms with Crippen LogP contribution in [0.2, 0.25) is 0 Å². The highest BCUT2D eigenvalue weighted by Gasteiger charge is 2.48. The van der Waals surface area contributed by atoms with Crippen LogP contribution in [-0.4, -0.2) is 54.8 Å². The largest absolute Gasteiger partial charge is 0.341 e. The minimum Gasteiger partial charge on any atom is -0.341 e. The van der Waals surface area contributed by atoms with Crippen LogP contribution in [0.25, 0.3) is 33.4 Å². The monoisotopic (exact) mass is 527 g/mol. The molecule has 4 aromatic rings. The number of alkyl halides is 4. The lowest BCUT2D eigenvalue weighted by Gasteiger charge is -2.36. The molecule has 2 aliphatic rings. The summed E-state index contributed by atoms with van der Waals surface area (Å²) < 4.78 is 59.5. The Morgan fingerprint density at radius 1 is 1.16 bits per heavy atom. The maximum atomic E-state index is 14.3. The van der Waals surface area contributed by atoms with Crippen molar-refractivity contribution in [2.45, 2.75) is 44.2 Å². The highest BCUT2D eigenvalue weighted by atomic mass is 19.3. The summed E-state index contributed by atoms with van der Waals surface area (Å²) in [6, 6.07) is 6.43. The number of nitrogens with zero attached hydrogens (tertiary/aromatic N) is 6. The van der Waals surface area contributed by atoms with E-state index in [0.717, 1.165) is 0 Å². The number of urea groups is 1. The number of aromatic nitrogens is 5. The standard InChI is InChI=1S/C26H25F4N7O/c1-31-25(38)36-6-7-37-20(13-36)22(34-24(37)14-9-26(29,30)10-14)16-4-3-5-19-17(16)8-18(23(27)28)21(33-19)15-11-32-35(2)12-15/h3-5,8,11-12,14,23H,6-7,9-10,13H2,1-2H3,(H,31,38). The average Bonchev–Trinajstić information content (AvgIpc) is 3.48. The molecular formula is C26H25F4N7O. The molecule has 2 amide bonds. The van der Waals surface area contributed by atoms with Crippen molar-refractivity contribution in [3.63, 3.8) is 0 Å². The summed E-state index contributed by atoms with van der Waals surface area (Å²) in [5.41, 5.74) is 2.62. The van der Waals surface area contributed by atoms with E-state index in [9.17, 15) is 22.4 Å². The number of hydrogen-bond donors (Lipinski definition) is 1. The number of benzene rings is 1. The number of carbonyl (C=O) groups excluding carboxylic acids is 1. The van der Waals surface area contributed by atoms with Gasteiger partial charge in [-0.2, -0.15) is 5.10 Å². The molecule has 1 aliphatic carbocycles. The maximum absolute atomic E-state index is 14.3. The number of halogens is 4. The quantitative estimate of drug-likeness (QED) is 0.375. The SMILES string of the molecule is CNC(=O)N1CCn2c(C3CC(F)(F)C3)nc(-c3cccc4nc(-c5cnn(C)c5)c(C(F)F)cc34)c2C1.